The maximum absolute atomic E-state index is 12.4. The molecule has 0 aromatic carbocycles. The van der Waals surface area contributed by atoms with Gasteiger partial charge in [0, 0.05) is 51.5 Å². The fourth-order valence-corrected chi connectivity index (χ4v) is 3.20. The number of carbonyl (C=O) groups excluding carboxylic acids is 2. The third-order valence-electron chi connectivity index (χ3n) is 4.64. The molecule has 9 heteroatoms. The van der Waals surface area contributed by atoms with Gasteiger partial charge in [0.2, 0.25) is 11.8 Å². The Kier molecular flexibility index (Phi) is 6.48. The van der Waals surface area contributed by atoms with E-state index < -0.39 is 6.04 Å². The van der Waals surface area contributed by atoms with Crippen molar-refractivity contribution in [2.45, 2.75) is 38.9 Å². The Bertz CT molecular complexity index is 762. The minimum atomic E-state index is -0.474. The first-order valence-electron chi connectivity index (χ1n) is 9.21. The first-order chi connectivity index (χ1) is 13.2. The number of aromatic nitrogens is 4. The van der Waals surface area contributed by atoms with Crippen LogP contribution < -0.4 is 10.6 Å². The highest BCUT2D eigenvalue weighted by Gasteiger charge is 2.31. The molecule has 0 aliphatic carbocycles. The number of nitrogens with zero attached hydrogens (tertiary/aromatic N) is 5. The van der Waals surface area contributed by atoms with E-state index in [-0.39, 0.29) is 18.2 Å². The predicted molar refractivity (Wildman–Crippen MR) is 98.5 cm³/mol. The van der Waals surface area contributed by atoms with E-state index in [4.69, 9.17) is 0 Å². The molecule has 9 nitrogen and oxygen atoms in total. The normalized spacial score (nSPS) is 17.5. The van der Waals surface area contributed by atoms with Gasteiger partial charge < -0.3 is 15.2 Å². The highest BCUT2D eigenvalue weighted by atomic mass is 16.2. The standard InChI is InChI=1S/C18H25N7O2/c1-2-24-13-22-23-16(24)5-7-20-17(26)10-15-18(27)21-8-9-25(15)12-14-4-3-6-19-11-14/h3-4,6,11,13,15H,2,5,7-10,12H2,1H3,(H,20,26)(H,21,27)/t15-/m0/s1. The fraction of sp³-hybridized carbons (Fsp3) is 0.500. The third-order valence-corrected chi connectivity index (χ3v) is 4.64. The van der Waals surface area contributed by atoms with Crippen molar-refractivity contribution in [2.75, 3.05) is 19.6 Å². The molecule has 1 fully saturated rings. The van der Waals surface area contributed by atoms with E-state index in [1.807, 2.05) is 28.5 Å². The fourth-order valence-electron chi connectivity index (χ4n) is 3.20. The van der Waals surface area contributed by atoms with Crippen LogP contribution in [-0.4, -0.2) is 62.1 Å². The van der Waals surface area contributed by atoms with Gasteiger partial charge in [-0.15, -0.1) is 10.2 Å². The van der Waals surface area contributed by atoms with E-state index in [2.05, 4.69) is 25.8 Å². The Morgan fingerprint density at radius 1 is 1.44 bits per heavy atom. The summed E-state index contributed by atoms with van der Waals surface area (Å²) in [5, 5.41) is 13.7. The van der Waals surface area contributed by atoms with Gasteiger partial charge in [-0.25, -0.2) is 0 Å². The largest absolute Gasteiger partial charge is 0.356 e. The lowest BCUT2D eigenvalue weighted by Crippen LogP contribution is -2.56. The van der Waals surface area contributed by atoms with Crippen molar-refractivity contribution < 1.29 is 9.59 Å². The number of piperazine rings is 1. The summed E-state index contributed by atoms with van der Waals surface area (Å²) in [5.41, 5.74) is 1.02. The first-order valence-corrected chi connectivity index (χ1v) is 9.21. The summed E-state index contributed by atoms with van der Waals surface area (Å²) in [4.78, 5) is 30.8. The molecule has 2 aromatic rings. The van der Waals surface area contributed by atoms with E-state index >= 15 is 0 Å². The molecular weight excluding hydrogens is 346 g/mol. The van der Waals surface area contributed by atoms with Crippen LogP contribution in [0.4, 0.5) is 0 Å². The minimum Gasteiger partial charge on any atom is -0.356 e. The van der Waals surface area contributed by atoms with Gasteiger partial charge in [0.15, 0.2) is 0 Å². The molecule has 0 saturated carbocycles. The highest BCUT2D eigenvalue weighted by molar-refractivity contribution is 5.88. The number of pyridine rings is 1. The zero-order valence-corrected chi connectivity index (χ0v) is 15.5. The van der Waals surface area contributed by atoms with Gasteiger partial charge in [0.05, 0.1) is 12.5 Å². The lowest BCUT2D eigenvalue weighted by atomic mass is 10.1. The van der Waals surface area contributed by atoms with Crippen LogP contribution in [0.3, 0.4) is 0 Å². The first kappa shape index (κ1) is 19.0. The smallest absolute Gasteiger partial charge is 0.237 e. The molecule has 1 aliphatic rings. The van der Waals surface area contributed by atoms with E-state index in [9.17, 15) is 9.59 Å². The van der Waals surface area contributed by atoms with Crippen LogP contribution in [0.2, 0.25) is 0 Å². The van der Waals surface area contributed by atoms with Gasteiger partial charge in [0.25, 0.3) is 0 Å². The molecule has 27 heavy (non-hydrogen) atoms. The number of hydrogen-bond donors (Lipinski definition) is 2. The Morgan fingerprint density at radius 2 is 2.33 bits per heavy atom. The minimum absolute atomic E-state index is 0.106. The summed E-state index contributed by atoms with van der Waals surface area (Å²) in [6.07, 6.45) is 5.92. The quantitative estimate of drug-likeness (QED) is 0.663. The average molecular weight is 371 g/mol. The summed E-state index contributed by atoms with van der Waals surface area (Å²) in [6, 6.07) is 3.37. The van der Waals surface area contributed by atoms with E-state index in [0.29, 0.717) is 32.6 Å². The maximum Gasteiger partial charge on any atom is 0.237 e. The van der Waals surface area contributed by atoms with Gasteiger partial charge in [-0.3, -0.25) is 19.5 Å². The molecule has 0 unspecified atom stereocenters. The maximum atomic E-state index is 12.4. The average Bonchev–Trinajstić information content (AvgIpc) is 3.13. The molecule has 144 valence electrons. The summed E-state index contributed by atoms with van der Waals surface area (Å²) in [7, 11) is 0. The lowest BCUT2D eigenvalue weighted by Gasteiger charge is -2.34. The number of carbonyl (C=O) groups is 2. The lowest BCUT2D eigenvalue weighted by molar-refractivity contribution is -0.134. The zero-order chi connectivity index (χ0) is 19.1. The van der Waals surface area contributed by atoms with Crippen LogP contribution in [0.25, 0.3) is 0 Å². The van der Waals surface area contributed by atoms with Gasteiger partial charge in [0.1, 0.15) is 12.2 Å². The molecule has 3 heterocycles. The molecule has 2 aromatic heterocycles. The molecule has 1 atom stereocenters. The van der Waals surface area contributed by atoms with Crippen LogP contribution in [0.15, 0.2) is 30.9 Å². The second-order valence-electron chi connectivity index (χ2n) is 6.48. The topological polar surface area (TPSA) is 105 Å². The van der Waals surface area contributed by atoms with Crippen LogP contribution in [-0.2, 0) is 29.1 Å². The van der Waals surface area contributed by atoms with Crippen molar-refractivity contribution in [3.05, 3.63) is 42.2 Å². The number of rotatable bonds is 8. The van der Waals surface area contributed by atoms with Crippen molar-refractivity contribution >= 4 is 11.8 Å². The van der Waals surface area contributed by atoms with Crippen molar-refractivity contribution in [3.63, 3.8) is 0 Å². The van der Waals surface area contributed by atoms with E-state index in [1.54, 1.807) is 18.7 Å². The van der Waals surface area contributed by atoms with Crippen molar-refractivity contribution in [1.29, 1.82) is 0 Å². The Balaban J connectivity index is 1.52. The number of aryl methyl sites for hydroxylation is 1. The monoisotopic (exact) mass is 371 g/mol. The van der Waals surface area contributed by atoms with Gasteiger partial charge in [-0.1, -0.05) is 6.07 Å². The summed E-state index contributed by atoms with van der Waals surface area (Å²) in [6.45, 7) is 5.17. The molecule has 1 aliphatic heterocycles. The van der Waals surface area contributed by atoms with Crippen molar-refractivity contribution in [1.82, 2.24) is 35.3 Å². The molecule has 0 bridgehead atoms. The van der Waals surface area contributed by atoms with Crippen LogP contribution in [0.1, 0.15) is 24.7 Å². The molecule has 2 amide bonds. The second-order valence-corrected chi connectivity index (χ2v) is 6.48. The second kappa shape index (κ2) is 9.22. The Hall–Kier alpha value is -2.81. The summed E-state index contributed by atoms with van der Waals surface area (Å²) in [5.74, 6) is 0.591. The van der Waals surface area contributed by atoms with Crippen LogP contribution in [0, 0.1) is 0 Å². The predicted octanol–water partition coefficient (Wildman–Crippen LogP) is -0.258. The van der Waals surface area contributed by atoms with Crippen LogP contribution in [0.5, 0.6) is 0 Å². The molecule has 2 N–H and O–H groups in total. The third kappa shape index (κ3) is 5.10. The SMILES string of the molecule is CCn1cnnc1CCNC(=O)C[C@H]1C(=O)NCCN1Cc1cccnc1. The Labute approximate surface area is 158 Å². The van der Waals surface area contributed by atoms with E-state index in [1.165, 1.54) is 0 Å². The molecule has 0 spiro atoms. The zero-order valence-electron chi connectivity index (χ0n) is 15.5. The number of hydrogen-bond acceptors (Lipinski definition) is 6. The van der Waals surface area contributed by atoms with Gasteiger partial charge in [-0.2, -0.15) is 0 Å². The highest BCUT2D eigenvalue weighted by Crippen LogP contribution is 2.13. The van der Waals surface area contributed by atoms with E-state index in [0.717, 1.165) is 17.9 Å². The molecular formula is C18H25N7O2. The van der Waals surface area contributed by atoms with Crippen molar-refractivity contribution in [3.8, 4) is 0 Å². The molecule has 0 radical (unpaired) electrons. The molecule has 3 rings (SSSR count). The number of nitrogens with one attached hydrogen (secondary N) is 2. The van der Waals surface area contributed by atoms with Crippen molar-refractivity contribution in [2.24, 2.45) is 0 Å². The summed E-state index contributed by atoms with van der Waals surface area (Å²) < 4.78 is 1.94. The van der Waals surface area contributed by atoms with Gasteiger partial charge in [-0.05, 0) is 18.6 Å². The Morgan fingerprint density at radius 3 is 3.11 bits per heavy atom. The number of amides is 2. The van der Waals surface area contributed by atoms with Gasteiger partial charge >= 0.3 is 0 Å². The molecule has 1 saturated heterocycles. The van der Waals surface area contributed by atoms with Crippen LogP contribution >= 0.6 is 0 Å². The summed E-state index contributed by atoms with van der Waals surface area (Å²) >= 11 is 0.